The Hall–Kier alpha value is -1.63. The van der Waals surface area contributed by atoms with Gasteiger partial charge in [0.05, 0.1) is 12.5 Å². The Kier molecular flexibility index (Phi) is 8.89. The summed E-state index contributed by atoms with van der Waals surface area (Å²) in [6, 6.07) is 5.90. The average molecular weight is 369 g/mol. The summed E-state index contributed by atoms with van der Waals surface area (Å²) in [6.45, 7) is 6.80. The summed E-state index contributed by atoms with van der Waals surface area (Å²) in [4.78, 5) is 26.4. The summed E-state index contributed by atoms with van der Waals surface area (Å²) < 4.78 is 0. The van der Waals surface area contributed by atoms with E-state index in [1.807, 2.05) is 36.9 Å². The molecule has 1 aliphatic rings. The molecule has 1 saturated heterocycles. The van der Waals surface area contributed by atoms with E-state index in [9.17, 15) is 9.59 Å². The van der Waals surface area contributed by atoms with Crippen LogP contribution < -0.4 is 16.4 Å². The first-order valence-corrected chi connectivity index (χ1v) is 8.57. The van der Waals surface area contributed by atoms with Crippen LogP contribution in [0.5, 0.6) is 0 Å². The topological polar surface area (TPSA) is 87.5 Å². The minimum atomic E-state index is -0.0558. The number of halogens is 1. The molecule has 0 saturated carbocycles. The van der Waals surface area contributed by atoms with Gasteiger partial charge in [-0.3, -0.25) is 14.5 Å². The van der Waals surface area contributed by atoms with Crippen molar-refractivity contribution in [3.05, 3.63) is 29.3 Å². The van der Waals surface area contributed by atoms with Crippen molar-refractivity contribution in [3.8, 4) is 0 Å². The number of amides is 2. The Bertz CT molecular complexity index is 594. The number of nitrogens with two attached hydrogens (primary N) is 1. The quantitative estimate of drug-likeness (QED) is 0.709. The highest BCUT2D eigenvalue weighted by Gasteiger charge is 2.26. The zero-order valence-corrected chi connectivity index (χ0v) is 15.8. The molecule has 0 aromatic heterocycles. The predicted molar refractivity (Wildman–Crippen MR) is 103 cm³/mol. The van der Waals surface area contributed by atoms with Gasteiger partial charge in [-0.1, -0.05) is 6.07 Å². The van der Waals surface area contributed by atoms with E-state index in [0.717, 1.165) is 30.6 Å². The maximum absolute atomic E-state index is 12.3. The molecule has 1 fully saturated rings. The van der Waals surface area contributed by atoms with Gasteiger partial charge < -0.3 is 16.4 Å². The van der Waals surface area contributed by atoms with Crippen LogP contribution in [-0.2, 0) is 9.59 Å². The fourth-order valence-electron chi connectivity index (χ4n) is 2.98. The standard InChI is InChI=1S/C18H28N4O2.ClH/c1-13-5-6-16(10-14(13)2)21-17(23)12-22-9-3-4-15(11-22)18(24)20-8-7-19;/h5-6,10,15H,3-4,7-9,11-12,19H2,1-2H3,(H,20,24)(H,21,23);1H. The van der Waals surface area contributed by atoms with Crippen LogP contribution >= 0.6 is 12.4 Å². The third-order valence-electron chi connectivity index (χ3n) is 4.48. The second-order valence-electron chi connectivity index (χ2n) is 6.50. The van der Waals surface area contributed by atoms with Crippen molar-refractivity contribution in [2.75, 3.05) is 38.0 Å². The largest absolute Gasteiger partial charge is 0.355 e. The molecule has 1 aromatic rings. The normalized spacial score (nSPS) is 17.5. The van der Waals surface area contributed by atoms with Crippen LogP contribution in [0.3, 0.4) is 0 Å². The lowest BCUT2D eigenvalue weighted by Crippen LogP contribution is -2.46. The Morgan fingerprint density at radius 1 is 1.28 bits per heavy atom. The molecule has 2 rings (SSSR count). The number of anilines is 1. The molecule has 4 N–H and O–H groups in total. The summed E-state index contributed by atoms with van der Waals surface area (Å²) in [5, 5.41) is 5.77. The zero-order valence-electron chi connectivity index (χ0n) is 15.0. The van der Waals surface area contributed by atoms with Crippen molar-refractivity contribution in [1.82, 2.24) is 10.2 Å². The van der Waals surface area contributed by atoms with Gasteiger partial charge in [0.1, 0.15) is 0 Å². The fourth-order valence-corrected chi connectivity index (χ4v) is 2.98. The fraction of sp³-hybridized carbons (Fsp3) is 0.556. The van der Waals surface area contributed by atoms with Gasteiger partial charge in [-0.25, -0.2) is 0 Å². The molecule has 7 heteroatoms. The molecule has 1 unspecified atom stereocenters. The van der Waals surface area contributed by atoms with Crippen molar-refractivity contribution >= 4 is 29.9 Å². The lowest BCUT2D eigenvalue weighted by Gasteiger charge is -2.31. The van der Waals surface area contributed by atoms with E-state index >= 15 is 0 Å². The van der Waals surface area contributed by atoms with E-state index in [4.69, 9.17) is 5.73 Å². The molecule has 6 nitrogen and oxygen atoms in total. The number of hydrogen-bond acceptors (Lipinski definition) is 4. The smallest absolute Gasteiger partial charge is 0.238 e. The van der Waals surface area contributed by atoms with Crippen LogP contribution in [0.25, 0.3) is 0 Å². The van der Waals surface area contributed by atoms with Crippen LogP contribution in [0.2, 0.25) is 0 Å². The molecule has 0 radical (unpaired) electrons. The average Bonchev–Trinajstić information content (AvgIpc) is 2.56. The Labute approximate surface area is 155 Å². The van der Waals surface area contributed by atoms with Crippen LogP contribution in [0.4, 0.5) is 5.69 Å². The van der Waals surface area contributed by atoms with E-state index in [1.165, 1.54) is 5.56 Å². The number of carbonyl (C=O) groups excluding carboxylic acids is 2. The van der Waals surface area contributed by atoms with Gasteiger partial charge in [0.25, 0.3) is 0 Å². The van der Waals surface area contributed by atoms with Crippen LogP contribution in [0.1, 0.15) is 24.0 Å². The van der Waals surface area contributed by atoms with E-state index in [2.05, 4.69) is 10.6 Å². The van der Waals surface area contributed by atoms with Gasteiger partial charge in [-0.05, 0) is 56.5 Å². The SMILES string of the molecule is Cc1ccc(NC(=O)CN2CCCC(C(=O)NCCN)C2)cc1C.Cl. The van der Waals surface area contributed by atoms with Crippen molar-refractivity contribution in [3.63, 3.8) is 0 Å². The predicted octanol–water partition coefficient (Wildman–Crippen LogP) is 1.45. The number of hydrogen-bond donors (Lipinski definition) is 3. The zero-order chi connectivity index (χ0) is 17.5. The molecule has 1 aromatic carbocycles. The first kappa shape index (κ1) is 21.4. The monoisotopic (exact) mass is 368 g/mol. The summed E-state index contributed by atoms with van der Waals surface area (Å²) in [5.74, 6) is -0.0549. The lowest BCUT2D eigenvalue weighted by molar-refractivity contribution is -0.127. The number of nitrogens with one attached hydrogen (secondary N) is 2. The highest BCUT2D eigenvalue weighted by Crippen LogP contribution is 2.17. The second kappa shape index (κ2) is 10.4. The highest BCUT2D eigenvalue weighted by atomic mass is 35.5. The maximum Gasteiger partial charge on any atom is 0.238 e. The minimum Gasteiger partial charge on any atom is -0.355 e. The number of likely N-dealkylation sites (tertiary alicyclic amines) is 1. The Morgan fingerprint density at radius 3 is 2.72 bits per heavy atom. The van der Waals surface area contributed by atoms with Crippen LogP contribution in [0.15, 0.2) is 18.2 Å². The van der Waals surface area contributed by atoms with Crippen molar-refractivity contribution in [1.29, 1.82) is 0 Å². The molecule has 2 amide bonds. The molecular weight excluding hydrogens is 340 g/mol. The number of carbonyl (C=O) groups is 2. The van der Waals surface area contributed by atoms with E-state index in [0.29, 0.717) is 26.2 Å². The molecule has 1 heterocycles. The first-order chi connectivity index (χ1) is 11.5. The van der Waals surface area contributed by atoms with Gasteiger partial charge in [0.15, 0.2) is 0 Å². The third-order valence-corrected chi connectivity index (χ3v) is 4.48. The van der Waals surface area contributed by atoms with Crippen LogP contribution in [-0.4, -0.2) is 49.4 Å². The number of rotatable bonds is 6. The molecular formula is C18H29ClN4O2. The molecule has 0 bridgehead atoms. The minimum absolute atomic E-state index is 0. The molecule has 1 atom stereocenters. The van der Waals surface area contributed by atoms with Gasteiger partial charge in [-0.15, -0.1) is 12.4 Å². The summed E-state index contributed by atoms with van der Waals surface area (Å²) >= 11 is 0. The number of aryl methyl sites for hydroxylation is 2. The van der Waals surface area contributed by atoms with Gasteiger partial charge in [0, 0.05) is 25.3 Å². The van der Waals surface area contributed by atoms with Crippen molar-refractivity contribution < 1.29 is 9.59 Å². The second-order valence-corrected chi connectivity index (χ2v) is 6.50. The van der Waals surface area contributed by atoms with Gasteiger partial charge in [0.2, 0.25) is 11.8 Å². The molecule has 25 heavy (non-hydrogen) atoms. The highest BCUT2D eigenvalue weighted by molar-refractivity contribution is 5.92. The number of piperidine rings is 1. The summed E-state index contributed by atoms with van der Waals surface area (Å²) in [6.07, 6.45) is 1.79. The molecule has 0 spiro atoms. The maximum atomic E-state index is 12.3. The van der Waals surface area contributed by atoms with E-state index in [1.54, 1.807) is 0 Å². The lowest BCUT2D eigenvalue weighted by atomic mass is 9.97. The summed E-state index contributed by atoms with van der Waals surface area (Å²) in [7, 11) is 0. The van der Waals surface area contributed by atoms with Gasteiger partial charge in [-0.2, -0.15) is 0 Å². The van der Waals surface area contributed by atoms with Crippen molar-refractivity contribution in [2.45, 2.75) is 26.7 Å². The third kappa shape index (κ3) is 6.65. The van der Waals surface area contributed by atoms with Gasteiger partial charge >= 0.3 is 0 Å². The number of benzene rings is 1. The number of nitrogens with zero attached hydrogens (tertiary/aromatic N) is 1. The Morgan fingerprint density at radius 2 is 2.04 bits per heavy atom. The van der Waals surface area contributed by atoms with Crippen LogP contribution in [0, 0.1) is 19.8 Å². The summed E-state index contributed by atoms with van der Waals surface area (Å²) in [5.41, 5.74) is 8.59. The molecule has 0 aliphatic carbocycles. The first-order valence-electron chi connectivity index (χ1n) is 8.57. The molecule has 1 aliphatic heterocycles. The van der Waals surface area contributed by atoms with E-state index < -0.39 is 0 Å². The molecule has 140 valence electrons. The van der Waals surface area contributed by atoms with E-state index in [-0.39, 0.29) is 30.1 Å². The van der Waals surface area contributed by atoms with Crippen molar-refractivity contribution in [2.24, 2.45) is 11.7 Å². The Balaban J connectivity index is 0.00000312.